The van der Waals surface area contributed by atoms with Crippen molar-refractivity contribution >= 4 is 11.9 Å². The molecular formula is C11H11N. The van der Waals surface area contributed by atoms with Crippen molar-refractivity contribution in [3.8, 4) is 0 Å². The van der Waals surface area contributed by atoms with Gasteiger partial charge in [0.2, 0.25) is 0 Å². The molecule has 0 bridgehead atoms. The van der Waals surface area contributed by atoms with Crippen molar-refractivity contribution < 1.29 is 0 Å². The van der Waals surface area contributed by atoms with Gasteiger partial charge in [-0.3, -0.25) is 4.99 Å². The minimum Gasteiger partial charge on any atom is -0.261 e. The smallest absolute Gasteiger partial charge is 0.0660 e. The standard InChI is InChI=1S/C11H11N/c1-2-6-10-7-3-4-8-11(10)12-9-5-1/h1-4,7-9H,5-6H2/b2-1-,12-9-. The van der Waals surface area contributed by atoms with Crippen molar-refractivity contribution in [2.45, 2.75) is 12.8 Å². The topological polar surface area (TPSA) is 12.4 Å². The molecule has 2 rings (SSSR count). The first-order valence-electron chi connectivity index (χ1n) is 4.22. The molecule has 0 saturated heterocycles. The van der Waals surface area contributed by atoms with Gasteiger partial charge in [0.1, 0.15) is 0 Å². The number of rotatable bonds is 0. The largest absolute Gasteiger partial charge is 0.261 e. The third-order valence-electron chi connectivity index (χ3n) is 1.97. The summed E-state index contributed by atoms with van der Waals surface area (Å²) in [6.07, 6.45) is 8.26. The maximum absolute atomic E-state index is 4.37. The summed E-state index contributed by atoms with van der Waals surface area (Å²) in [5.41, 5.74) is 2.42. The van der Waals surface area contributed by atoms with Gasteiger partial charge >= 0.3 is 0 Å². The molecule has 12 heavy (non-hydrogen) atoms. The van der Waals surface area contributed by atoms with Gasteiger partial charge in [0.25, 0.3) is 0 Å². The normalized spacial score (nSPS) is 20.3. The van der Waals surface area contributed by atoms with Crippen LogP contribution < -0.4 is 0 Å². The van der Waals surface area contributed by atoms with E-state index >= 15 is 0 Å². The molecule has 0 aliphatic carbocycles. The monoisotopic (exact) mass is 157 g/mol. The lowest BCUT2D eigenvalue weighted by Gasteiger charge is -2.03. The van der Waals surface area contributed by atoms with Crippen LogP contribution in [0, 0.1) is 0 Å². The molecule has 0 N–H and O–H groups in total. The van der Waals surface area contributed by atoms with Gasteiger partial charge in [-0.15, -0.1) is 0 Å². The summed E-state index contributed by atoms with van der Waals surface area (Å²) in [7, 11) is 0. The Morgan fingerprint density at radius 3 is 3.00 bits per heavy atom. The molecule has 0 radical (unpaired) electrons. The van der Waals surface area contributed by atoms with Gasteiger partial charge in [-0.2, -0.15) is 0 Å². The first-order chi connectivity index (χ1) is 5.97. The highest BCUT2D eigenvalue weighted by Gasteiger charge is 1.97. The Balaban J connectivity index is 2.44. The van der Waals surface area contributed by atoms with Crippen LogP contribution in [-0.2, 0) is 6.42 Å². The fourth-order valence-corrected chi connectivity index (χ4v) is 1.33. The molecule has 1 aliphatic rings. The number of aliphatic imine (C=N–C) groups is 1. The maximum atomic E-state index is 4.37. The summed E-state index contributed by atoms with van der Waals surface area (Å²) >= 11 is 0. The predicted octanol–water partition coefficient (Wildman–Crippen LogP) is 2.89. The maximum Gasteiger partial charge on any atom is 0.0660 e. The highest BCUT2D eigenvalue weighted by molar-refractivity contribution is 5.67. The molecule has 0 aromatic heterocycles. The molecular weight excluding hydrogens is 146 g/mol. The van der Waals surface area contributed by atoms with Gasteiger partial charge in [0.15, 0.2) is 0 Å². The number of benzene rings is 1. The minimum atomic E-state index is 0.953. The molecule has 1 heteroatoms. The first-order valence-corrected chi connectivity index (χ1v) is 4.22. The zero-order valence-electron chi connectivity index (χ0n) is 6.90. The number of allylic oxidation sites excluding steroid dienone is 2. The van der Waals surface area contributed by atoms with Gasteiger partial charge < -0.3 is 0 Å². The van der Waals surface area contributed by atoms with Crippen LogP contribution in [-0.4, -0.2) is 6.21 Å². The Hall–Kier alpha value is -1.37. The summed E-state index contributed by atoms with van der Waals surface area (Å²) in [5, 5.41) is 0. The molecule has 1 aromatic rings. The van der Waals surface area contributed by atoms with E-state index in [4.69, 9.17) is 0 Å². The molecule has 1 nitrogen and oxygen atoms in total. The molecule has 0 spiro atoms. The fourth-order valence-electron chi connectivity index (χ4n) is 1.33. The minimum absolute atomic E-state index is 0.953. The van der Waals surface area contributed by atoms with Crippen molar-refractivity contribution in [2.75, 3.05) is 0 Å². The van der Waals surface area contributed by atoms with Crippen molar-refractivity contribution in [3.05, 3.63) is 42.0 Å². The van der Waals surface area contributed by atoms with E-state index < -0.39 is 0 Å². The van der Waals surface area contributed by atoms with E-state index in [1.165, 1.54) is 5.56 Å². The third kappa shape index (κ3) is 1.45. The van der Waals surface area contributed by atoms with Gasteiger partial charge in [0.05, 0.1) is 5.69 Å². The molecule has 0 unspecified atom stereocenters. The predicted molar refractivity (Wildman–Crippen MR) is 52.1 cm³/mol. The number of fused-ring (bicyclic) bond motifs is 1. The van der Waals surface area contributed by atoms with Crippen molar-refractivity contribution in [1.82, 2.24) is 0 Å². The van der Waals surface area contributed by atoms with E-state index in [1.807, 2.05) is 12.3 Å². The quantitative estimate of drug-likeness (QED) is 0.513. The van der Waals surface area contributed by atoms with Crippen LogP contribution in [0.2, 0.25) is 0 Å². The number of hydrogen-bond acceptors (Lipinski definition) is 1. The van der Waals surface area contributed by atoms with Crippen molar-refractivity contribution in [2.24, 2.45) is 4.99 Å². The Kier molecular flexibility index (Phi) is 2.04. The Bertz CT molecular complexity index is 324. The second kappa shape index (κ2) is 3.35. The Morgan fingerprint density at radius 1 is 1.08 bits per heavy atom. The lowest BCUT2D eigenvalue weighted by atomic mass is 10.1. The van der Waals surface area contributed by atoms with E-state index in [0.717, 1.165) is 18.5 Å². The molecule has 60 valence electrons. The van der Waals surface area contributed by atoms with Gasteiger partial charge in [0, 0.05) is 12.6 Å². The van der Waals surface area contributed by atoms with Crippen molar-refractivity contribution in [3.63, 3.8) is 0 Å². The lowest BCUT2D eigenvalue weighted by Crippen LogP contribution is -1.85. The van der Waals surface area contributed by atoms with Crippen LogP contribution >= 0.6 is 0 Å². The van der Waals surface area contributed by atoms with Crippen LogP contribution in [0.3, 0.4) is 0 Å². The first kappa shape index (κ1) is 7.29. The number of hydrogen-bond donors (Lipinski definition) is 0. The molecule has 1 heterocycles. The van der Waals surface area contributed by atoms with E-state index in [-0.39, 0.29) is 0 Å². The summed E-state index contributed by atoms with van der Waals surface area (Å²) in [5.74, 6) is 0. The van der Waals surface area contributed by atoms with Crippen LogP contribution in [0.5, 0.6) is 0 Å². The summed E-state index contributed by atoms with van der Waals surface area (Å²) in [4.78, 5) is 4.37. The molecule has 0 amide bonds. The lowest BCUT2D eigenvalue weighted by molar-refractivity contribution is 1.22. The van der Waals surface area contributed by atoms with E-state index in [9.17, 15) is 0 Å². The third-order valence-corrected chi connectivity index (χ3v) is 1.97. The summed E-state index contributed by atoms with van der Waals surface area (Å²) in [6, 6.07) is 8.28. The Labute approximate surface area is 72.5 Å². The number of nitrogens with zero attached hydrogens (tertiary/aromatic N) is 1. The van der Waals surface area contributed by atoms with E-state index in [1.54, 1.807) is 0 Å². The number of para-hydroxylation sites is 1. The van der Waals surface area contributed by atoms with E-state index in [0.29, 0.717) is 0 Å². The van der Waals surface area contributed by atoms with Crippen molar-refractivity contribution in [1.29, 1.82) is 0 Å². The summed E-state index contributed by atoms with van der Waals surface area (Å²) in [6.45, 7) is 0. The zero-order chi connectivity index (χ0) is 8.23. The second-order valence-corrected chi connectivity index (χ2v) is 2.85. The highest BCUT2D eigenvalue weighted by atomic mass is 14.7. The second-order valence-electron chi connectivity index (χ2n) is 2.85. The average molecular weight is 157 g/mol. The van der Waals surface area contributed by atoms with Crippen LogP contribution in [0.1, 0.15) is 12.0 Å². The molecule has 1 aromatic carbocycles. The summed E-state index contributed by atoms with van der Waals surface area (Å²) < 4.78 is 0. The molecule has 1 aliphatic heterocycles. The van der Waals surface area contributed by atoms with Crippen LogP contribution in [0.4, 0.5) is 5.69 Å². The van der Waals surface area contributed by atoms with Gasteiger partial charge in [-0.05, 0) is 18.1 Å². The average Bonchev–Trinajstić information content (AvgIpc) is 2.06. The highest BCUT2D eigenvalue weighted by Crippen LogP contribution is 2.20. The molecule has 0 atom stereocenters. The van der Waals surface area contributed by atoms with Crippen LogP contribution in [0.25, 0.3) is 0 Å². The fraction of sp³-hybridized carbons (Fsp3) is 0.182. The SMILES string of the molecule is C1=C\Cc2ccccc2/N=C\C/1. The van der Waals surface area contributed by atoms with Gasteiger partial charge in [-0.1, -0.05) is 30.4 Å². The molecule has 0 saturated carbocycles. The van der Waals surface area contributed by atoms with E-state index in [2.05, 4.69) is 35.3 Å². The van der Waals surface area contributed by atoms with Crippen LogP contribution in [0.15, 0.2) is 41.4 Å². The Morgan fingerprint density at radius 2 is 2.00 bits per heavy atom. The van der Waals surface area contributed by atoms with Gasteiger partial charge in [-0.25, -0.2) is 0 Å². The molecule has 0 fully saturated rings. The zero-order valence-corrected chi connectivity index (χ0v) is 6.90.